The van der Waals surface area contributed by atoms with Gasteiger partial charge in [0.05, 0.1) is 12.6 Å². The minimum atomic E-state index is -0.790. The Hall–Kier alpha value is -2.66. The Balaban J connectivity index is 1.54. The van der Waals surface area contributed by atoms with Gasteiger partial charge in [-0.1, -0.05) is 80.4 Å². The van der Waals surface area contributed by atoms with Gasteiger partial charge in [0, 0.05) is 5.92 Å². The summed E-state index contributed by atoms with van der Waals surface area (Å²) in [6.45, 7) is 2.76. The second-order valence-electron chi connectivity index (χ2n) is 7.77. The van der Waals surface area contributed by atoms with Crippen LogP contribution in [-0.2, 0) is 25.7 Å². The van der Waals surface area contributed by atoms with Crippen LogP contribution in [0.1, 0.15) is 43.4 Å². The van der Waals surface area contributed by atoms with Crippen LogP contribution < -0.4 is 0 Å². The third kappa shape index (κ3) is 3.92. The number of fused-ring (bicyclic) bond motifs is 1. The van der Waals surface area contributed by atoms with Gasteiger partial charge in [-0.25, -0.2) is 0 Å². The molecule has 0 spiro atoms. The summed E-state index contributed by atoms with van der Waals surface area (Å²) in [5.74, 6) is -1.56. The number of benzene rings is 2. The third-order valence-corrected chi connectivity index (χ3v) is 5.90. The Morgan fingerprint density at radius 3 is 2.48 bits per heavy atom. The molecule has 2 saturated heterocycles. The highest BCUT2D eigenvalue weighted by atomic mass is 16.5. The number of unbranched alkanes of at least 4 members (excludes halogenated alkanes) is 1. The van der Waals surface area contributed by atoms with Crippen molar-refractivity contribution in [2.24, 2.45) is 11.8 Å². The molecule has 2 heterocycles. The second kappa shape index (κ2) is 8.78. The summed E-state index contributed by atoms with van der Waals surface area (Å²) in [7, 11) is 0. The van der Waals surface area contributed by atoms with E-state index in [0.717, 1.165) is 30.4 Å². The first-order chi connectivity index (χ1) is 14.2. The van der Waals surface area contributed by atoms with Gasteiger partial charge in [-0.3, -0.25) is 9.59 Å². The van der Waals surface area contributed by atoms with Crippen molar-refractivity contribution in [1.29, 1.82) is 0 Å². The van der Waals surface area contributed by atoms with Gasteiger partial charge in [0.25, 0.3) is 0 Å². The highest BCUT2D eigenvalue weighted by Gasteiger charge is 2.57. The number of ether oxygens (including phenoxy) is 2. The number of hydrogen-bond acceptors (Lipinski definition) is 4. The van der Waals surface area contributed by atoms with Crippen LogP contribution in [0.15, 0.2) is 60.7 Å². The maximum Gasteiger partial charge on any atom is 0.319 e. The van der Waals surface area contributed by atoms with Crippen molar-refractivity contribution in [3.05, 3.63) is 71.8 Å². The highest BCUT2D eigenvalue weighted by molar-refractivity contribution is 6.00. The predicted octanol–water partition coefficient (Wildman–Crippen LogP) is 4.09. The van der Waals surface area contributed by atoms with Gasteiger partial charge in [0.2, 0.25) is 5.91 Å². The fourth-order valence-electron chi connectivity index (χ4n) is 4.42. The molecule has 0 aliphatic carbocycles. The number of esters is 1. The number of nitrogens with zero attached hydrogens (tertiary/aromatic N) is 1. The van der Waals surface area contributed by atoms with E-state index < -0.39 is 11.9 Å². The van der Waals surface area contributed by atoms with Gasteiger partial charge in [0.15, 0.2) is 0 Å². The fourth-order valence-corrected chi connectivity index (χ4v) is 4.42. The zero-order valence-corrected chi connectivity index (χ0v) is 16.7. The molecule has 0 saturated carbocycles. The Morgan fingerprint density at radius 1 is 1.10 bits per heavy atom. The predicted molar refractivity (Wildman–Crippen MR) is 109 cm³/mol. The molecule has 0 aromatic heterocycles. The topological polar surface area (TPSA) is 55.8 Å². The standard InChI is InChI=1S/C24H27NO4/c1-2-3-14-19-21(24(27)29-15-17-10-6-4-7-11-17)22(26)25-20(16-28-23(19)25)18-12-8-5-9-13-18/h4-13,19-21,23H,2-3,14-16H2,1H3/t19-,20+,21-,23+/m0/s1. The van der Waals surface area contributed by atoms with E-state index in [2.05, 4.69) is 6.92 Å². The van der Waals surface area contributed by atoms with Gasteiger partial charge in [-0.15, -0.1) is 0 Å². The van der Waals surface area contributed by atoms with E-state index in [1.165, 1.54) is 0 Å². The van der Waals surface area contributed by atoms with Crippen LogP contribution in [0.3, 0.4) is 0 Å². The van der Waals surface area contributed by atoms with Gasteiger partial charge in [0.1, 0.15) is 18.8 Å². The van der Waals surface area contributed by atoms with Gasteiger partial charge < -0.3 is 14.4 Å². The summed E-state index contributed by atoms with van der Waals surface area (Å²) in [4.78, 5) is 28.1. The smallest absolute Gasteiger partial charge is 0.319 e. The fraction of sp³-hybridized carbons (Fsp3) is 0.417. The number of carbonyl (C=O) groups is 2. The number of carbonyl (C=O) groups excluding carboxylic acids is 2. The summed E-state index contributed by atoms with van der Waals surface area (Å²) in [5, 5.41) is 0. The van der Waals surface area contributed by atoms with E-state index in [-0.39, 0.29) is 30.7 Å². The molecular formula is C24H27NO4. The molecule has 1 amide bonds. The summed E-state index contributed by atoms with van der Waals surface area (Å²) in [5.41, 5.74) is 1.95. The third-order valence-electron chi connectivity index (χ3n) is 5.90. The molecule has 152 valence electrons. The summed E-state index contributed by atoms with van der Waals surface area (Å²) >= 11 is 0. The van der Waals surface area contributed by atoms with Gasteiger partial charge >= 0.3 is 5.97 Å². The van der Waals surface area contributed by atoms with Crippen molar-refractivity contribution >= 4 is 11.9 Å². The highest BCUT2D eigenvalue weighted by Crippen LogP contribution is 2.45. The number of hydrogen-bond donors (Lipinski definition) is 0. The molecule has 2 aromatic carbocycles. The van der Waals surface area contributed by atoms with Gasteiger partial charge in [-0.2, -0.15) is 0 Å². The summed E-state index contributed by atoms with van der Waals surface area (Å²) in [6, 6.07) is 19.3. The summed E-state index contributed by atoms with van der Waals surface area (Å²) in [6.07, 6.45) is 2.37. The Morgan fingerprint density at radius 2 is 1.79 bits per heavy atom. The molecule has 2 fully saturated rings. The SMILES string of the molecule is CCCC[C@H]1[C@H](C(=O)OCc2ccccc2)C(=O)N2[C@@H](c3ccccc3)CO[C@H]12. The van der Waals surface area contributed by atoms with E-state index in [1.54, 1.807) is 4.90 Å². The Labute approximate surface area is 171 Å². The van der Waals surface area contributed by atoms with Crippen LogP contribution in [0.5, 0.6) is 0 Å². The van der Waals surface area contributed by atoms with Crippen LogP contribution in [0.2, 0.25) is 0 Å². The largest absolute Gasteiger partial charge is 0.460 e. The first-order valence-corrected chi connectivity index (χ1v) is 10.4. The van der Waals surface area contributed by atoms with Crippen molar-refractivity contribution in [2.75, 3.05) is 6.61 Å². The Bertz CT molecular complexity index is 838. The van der Waals surface area contributed by atoms with Crippen molar-refractivity contribution in [3.63, 3.8) is 0 Å². The zero-order chi connectivity index (χ0) is 20.2. The molecule has 5 heteroatoms. The molecule has 4 atom stereocenters. The molecule has 5 nitrogen and oxygen atoms in total. The maximum atomic E-state index is 13.3. The number of rotatable bonds is 7. The first kappa shape index (κ1) is 19.6. The van der Waals surface area contributed by atoms with Crippen molar-refractivity contribution in [2.45, 2.75) is 45.1 Å². The minimum absolute atomic E-state index is 0.148. The minimum Gasteiger partial charge on any atom is -0.460 e. The normalized spacial score (nSPS) is 25.8. The second-order valence-corrected chi connectivity index (χ2v) is 7.77. The average molecular weight is 393 g/mol. The lowest BCUT2D eigenvalue weighted by Crippen LogP contribution is -2.34. The molecule has 2 aromatic rings. The van der Waals surface area contributed by atoms with Crippen LogP contribution >= 0.6 is 0 Å². The lowest BCUT2D eigenvalue weighted by molar-refractivity contribution is -0.155. The maximum absolute atomic E-state index is 13.3. The molecule has 2 aliphatic rings. The molecule has 0 N–H and O–H groups in total. The van der Waals surface area contributed by atoms with Crippen molar-refractivity contribution < 1.29 is 19.1 Å². The van der Waals surface area contributed by atoms with Crippen LogP contribution in [0.4, 0.5) is 0 Å². The van der Waals surface area contributed by atoms with Crippen molar-refractivity contribution in [1.82, 2.24) is 4.90 Å². The molecule has 0 unspecified atom stereocenters. The first-order valence-electron chi connectivity index (χ1n) is 10.4. The van der Waals surface area contributed by atoms with E-state index >= 15 is 0 Å². The molecule has 4 rings (SSSR count). The average Bonchev–Trinajstić information content (AvgIpc) is 3.31. The molecule has 0 bridgehead atoms. The van der Waals surface area contributed by atoms with E-state index in [9.17, 15) is 9.59 Å². The quantitative estimate of drug-likeness (QED) is 0.525. The van der Waals surface area contributed by atoms with E-state index in [1.807, 2.05) is 60.7 Å². The van der Waals surface area contributed by atoms with Crippen LogP contribution in [0, 0.1) is 11.8 Å². The van der Waals surface area contributed by atoms with E-state index in [0.29, 0.717) is 6.61 Å². The monoisotopic (exact) mass is 393 g/mol. The van der Waals surface area contributed by atoms with Gasteiger partial charge in [-0.05, 0) is 17.5 Å². The number of amides is 1. The lowest BCUT2D eigenvalue weighted by Gasteiger charge is -2.23. The molecule has 0 radical (unpaired) electrons. The molecule has 29 heavy (non-hydrogen) atoms. The van der Waals surface area contributed by atoms with Crippen LogP contribution in [0.25, 0.3) is 0 Å². The molecular weight excluding hydrogens is 366 g/mol. The molecule has 2 aliphatic heterocycles. The zero-order valence-electron chi connectivity index (χ0n) is 16.7. The van der Waals surface area contributed by atoms with E-state index in [4.69, 9.17) is 9.47 Å². The summed E-state index contributed by atoms with van der Waals surface area (Å²) < 4.78 is 11.6. The lowest BCUT2D eigenvalue weighted by atomic mass is 9.89. The van der Waals surface area contributed by atoms with Crippen molar-refractivity contribution in [3.8, 4) is 0 Å². The Kier molecular flexibility index (Phi) is 5.95. The van der Waals surface area contributed by atoms with Crippen LogP contribution in [-0.4, -0.2) is 29.6 Å².